The van der Waals surface area contributed by atoms with Crippen molar-refractivity contribution in [3.63, 3.8) is 0 Å². The minimum atomic E-state index is -1.43. The third-order valence-corrected chi connectivity index (χ3v) is 6.92. The number of pyridine rings is 1. The van der Waals surface area contributed by atoms with Gasteiger partial charge in [0.2, 0.25) is 5.43 Å². The maximum Gasteiger partial charge on any atom is 0.410 e. The quantitative estimate of drug-likeness (QED) is 0.452. The molecule has 3 aromatic rings. The van der Waals surface area contributed by atoms with Crippen molar-refractivity contribution < 1.29 is 28.2 Å². The van der Waals surface area contributed by atoms with E-state index in [1.54, 1.807) is 24.9 Å². The SMILES string of the molecule is Cc1cc(N2CCC(CCN(C)C(=O)OC(C)(C)C)C2)cc2c1c(=O)c(C(=O)O)cn2-c1ccc(F)cc1F. The molecule has 1 atom stereocenters. The standard InChI is InChI=1S/C29H33F2N3O5/c1-17-12-20(33-11-9-18(15-33)8-10-32(5)28(38)39-29(2,3)4)14-24-25(17)26(35)21(27(36)37)16-34(24)23-7-6-19(30)13-22(23)31/h6-7,12-14,16,18H,8-11,15H2,1-5H3,(H,36,37). The number of amides is 1. The number of carboxylic acid groups (broad SMARTS) is 1. The number of anilines is 1. The Kier molecular flexibility index (Phi) is 7.68. The second-order valence-corrected chi connectivity index (χ2v) is 11.1. The lowest BCUT2D eigenvalue weighted by atomic mass is 10.0. The molecule has 0 spiro atoms. The fraction of sp³-hybridized carbons (Fsp3) is 0.414. The van der Waals surface area contributed by atoms with Crippen molar-refractivity contribution in [2.24, 2.45) is 5.92 Å². The Morgan fingerprint density at radius 3 is 2.54 bits per heavy atom. The van der Waals surface area contributed by atoms with Gasteiger partial charge in [0.15, 0.2) is 0 Å². The number of rotatable bonds is 6. The van der Waals surface area contributed by atoms with Crippen LogP contribution >= 0.6 is 0 Å². The van der Waals surface area contributed by atoms with Gasteiger partial charge in [-0.1, -0.05) is 0 Å². The average Bonchev–Trinajstić information content (AvgIpc) is 3.31. The van der Waals surface area contributed by atoms with Crippen LogP contribution in [0, 0.1) is 24.5 Å². The second-order valence-electron chi connectivity index (χ2n) is 11.1. The second kappa shape index (κ2) is 10.7. The number of carbonyl (C=O) groups is 2. The lowest BCUT2D eigenvalue weighted by molar-refractivity contribution is 0.0291. The fourth-order valence-electron chi connectivity index (χ4n) is 4.95. The largest absolute Gasteiger partial charge is 0.477 e. The number of halogens is 2. The summed E-state index contributed by atoms with van der Waals surface area (Å²) in [6.07, 6.45) is 2.41. The van der Waals surface area contributed by atoms with Crippen molar-refractivity contribution >= 4 is 28.7 Å². The van der Waals surface area contributed by atoms with Crippen LogP contribution in [0.15, 0.2) is 41.3 Å². The number of aryl methyl sites for hydroxylation is 1. The molecule has 1 aliphatic heterocycles. The van der Waals surface area contributed by atoms with E-state index < -0.39 is 34.2 Å². The molecular formula is C29H33F2N3O5. The third kappa shape index (κ3) is 6.05. The number of ether oxygens (including phenoxy) is 1. The molecule has 0 bridgehead atoms. The molecule has 4 rings (SSSR count). The topological polar surface area (TPSA) is 92.1 Å². The highest BCUT2D eigenvalue weighted by Gasteiger charge is 2.27. The molecular weight excluding hydrogens is 508 g/mol. The molecule has 0 aliphatic carbocycles. The first kappa shape index (κ1) is 28.1. The van der Waals surface area contributed by atoms with Crippen molar-refractivity contribution in [1.82, 2.24) is 9.47 Å². The summed E-state index contributed by atoms with van der Waals surface area (Å²) in [4.78, 5) is 40.9. The average molecular weight is 542 g/mol. The summed E-state index contributed by atoms with van der Waals surface area (Å²) in [5.41, 5.74) is -0.0979. The first-order chi connectivity index (χ1) is 18.2. The van der Waals surface area contributed by atoms with Gasteiger partial charge in [0, 0.05) is 50.0 Å². The molecule has 1 fully saturated rings. The summed E-state index contributed by atoms with van der Waals surface area (Å²) in [5, 5.41) is 9.79. The van der Waals surface area contributed by atoms with Crippen molar-refractivity contribution in [2.45, 2.75) is 46.1 Å². The van der Waals surface area contributed by atoms with E-state index in [1.165, 1.54) is 10.6 Å². The van der Waals surface area contributed by atoms with Gasteiger partial charge in [-0.15, -0.1) is 0 Å². The molecule has 1 N–H and O–H groups in total. The van der Waals surface area contributed by atoms with Crippen LogP contribution in [-0.4, -0.2) is 58.9 Å². The van der Waals surface area contributed by atoms with Crippen molar-refractivity contribution in [2.75, 3.05) is 31.6 Å². The number of hydrogen-bond donors (Lipinski definition) is 1. The molecule has 0 saturated carbocycles. The Labute approximate surface area is 225 Å². The Morgan fingerprint density at radius 1 is 1.18 bits per heavy atom. The molecule has 1 unspecified atom stereocenters. The molecule has 1 amide bonds. The predicted octanol–water partition coefficient (Wildman–Crippen LogP) is 5.36. The van der Waals surface area contributed by atoms with E-state index in [4.69, 9.17) is 4.74 Å². The number of nitrogens with zero attached hydrogens (tertiary/aromatic N) is 3. The predicted molar refractivity (Wildman–Crippen MR) is 145 cm³/mol. The van der Waals surface area contributed by atoms with Gasteiger partial charge in [-0.05, 0) is 76.3 Å². The maximum absolute atomic E-state index is 14.8. The molecule has 2 aromatic carbocycles. The number of hydrogen-bond acceptors (Lipinski definition) is 5. The smallest absolute Gasteiger partial charge is 0.410 e. The van der Waals surface area contributed by atoms with Crippen LogP contribution in [0.2, 0.25) is 0 Å². The van der Waals surface area contributed by atoms with Crippen LogP contribution in [0.3, 0.4) is 0 Å². The third-order valence-electron chi connectivity index (χ3n) is 6.92. The summed E-state index contributed by atoms with van der Waals surface area (Å²) < 4.78 is 35.2. The van der Waals surface area contributed by atoms with Crippen LogP contribution in [0.5, 0.6) is 0 Å². The molecule has 39 heavy (non-hydrogen) atoms. The van der Waals surface area contributed by atoms with Gasteiger partial charge in [0.05, 0.1) is 11.2 Å². The highest BCUT2D eigenvalue weighted by Crippen LogP contribution is 2.31. The number of carbonyl (C=O) groups excluding carboxylic acids is 1. The van der Waals surface area contributed by atoms with Crippen LogP contribution in [0.1, 0.15) is 49.5 Å². The summed E-state index contributed by atoms with van der Waals surface area (Å²) in [6, 6.07) is 6.59. The van der Waals surface area contributed by atoms with Gasteiger partial charge in [0.25, 0.3) is 0 Å². The van der Waals surface area contributed by atoms with E-state index in [-0.39, 0.29) is 17.2 Å². The molecule has 208 valence electrons. The number of benzene rings is 2. The lowest BCUT2D eigenvalue weighted by Crippen LogP contribution is -2.35. The van der Waals surface area contributed by atoms with Gasteiger partial charge in [0.1, 0.15) is 22.8 Å². The highest BCUT2D eigenvalue weighted by molar-refractivity contribution is 5.95. The fourth-order valence-corrected chi connectivity index (χ4v) is 4.95. The van der Waals surface area contributed by atoms with E-state index in [1.807, 2.05) is 26.8 Å². The summed E-state index contributed by atoms with van der Waals surface area (Å²) in [6.45, 7) is 9.20. The zero-order valence-corrected chi connectivity index (χ0v) is 22.8. The Balaban J connectivity index is 1.64. The molecule has 0 radical (unpaired) electrons. The van der Waals surface area contributed by atoms with E-state index in [0.717, 1.165) is 49.9 Å². The van der Waals surface area contributed by atoms with Crippen LogP contribution in [0.4, 0.5) is 19.3 Å². The maximum atomic E-state index is 14.8. The molecule has 1 aliphatic rings. The van der Waals surface area contributed by atoms with Gasteiger partial charge in [-0.2, -0.15) is 0 Å². The van der Waals surface area contributed by atoms with Crippen LogP contribution in [0.25, 0.3) is 16.6 Å². The van der Waals surface area contributed by atoms with E-state index >= 15 is 0 Å². The number of carboxylic acids is 1. The molecule has 8 nitrogen and oxygen atoms in total. The number of aromatic carboxylic acids is 1. The lowest BCUT2D eigenvalue weighted by Gasteiger charge is -2.25. The van der Waals surface area contributed by atoms with Gasteiger partial charge >= 0.3 is 12.1 Å². The zero-order chi connectivity index (χ0) is 28.6. The highest BCUT2D eigenvalue weighted by atomic mass is 19.1. The number of aromatic nitrogens is 1. The van der Waals surface area contributed by atoms with E-state index in [9.17, 15) is 28.3 Å². The van der Waals surface area contributed by atoms with Gasteiger partial charge < -0.3 is 24.2 Å². The monoisotopic (exact) mass is 541 g/mol. The first-order valence-corrected chi connectivity index (χ1v) is 12.8. The van der Waals surface area contributed by atoms with Crippen LogP contribution in [-0.2, 0) is 4.74 Å². The van der Waals surface area contributed by atoms with E-state index in [2.05, 4.69) is 4.90 Å². The molecule has 1 aromatic heterocycles. The normalized spacial score (nSPS) is 15.6. The summed E-state index contributed by atoms with van der Waals surface area (Å²) >= 11 is 0. The van der Waals surface area contributed by atoms with Crippen LogP contribution < -0.4 is 10.3 Å². The van der Waals surface area contributed by atoms with E-state index in [0.29, 0.717) is 23.5 Å². The summed E-state index contributed by atoms with van der Waals surface area (Å²) in [7, 11) is 1.71. The zero-order valence-electron chi connectivity index (χ0n) is 22.8. The Bertz CT molecular complexity index is 1490. The summed E-state index contributed by atoms with van der Waals surface area (Å²) in [5.74, 6) is -2.76. The minimum Gasteiger partial charge on any atom is -0.477 e. The van der Waals surface area contributed by atoms with Crippen molar-refractivity contribution in [1.29, 1.82) is 0 Å². The Hall–Kier alpha value is -3.95. The van der Waals surface area contributed by atoms with Gasteiger partial charge in [-0.25, -0.2) is 18.4 Å². The molecule has 10 heteroatoms. The molecule has 1 saturated heterocycles. The first-order valence-electron chi connectivity index (χ1n) is 12.8. The molecule has 2 heterocycles. The van der Waals surface area contributed by atoms with Crippen molar-refractivity contribution in [3.8, 4) is 5.69 Å². The number of fused-ring (bicyclic) bond motifs is 1. The minimum absolute atomic E-state index is 0.0649. The Morgan fingerprint density at radius 2 is 1.90 bits per heavy atom. The van der Waals surface area contributed by atoms with Crippen molar-refractivity contribution in [3.05, 3.63) is 69.5 Å². The van der Waals surface area contributed by atoms with Gasteiger partial charge in [-0.3, -0.25) is 4.79 Å².